The maximum Gasteiger partial charge on any atom is 0.240 e. The van der Waals surface area contributed by atoms with E-state index < -0.39 is 11.9 Å². The molecule has 0 bridgehead atoms. The molecule has 1 aromatic carbocycles. The van der Waals surface area contributed by atoms with Crippen molar-refractivity contribution in [1.29, 1.82) is 0 Å². The van der Waals surface area contributed by atoms with Crippen molar-refractivity contribution in [2.75, 3.05) is 5.75 Å². The number of halogens is 1. The van der Waals surface area contributed by atoms with Gasteiger partial charge in [0, 0.05) is 16.3 Å². The molecule has 116 valence electrons. The average molecular weight is 339 g/mol. The molecule has 0 saturated heterocycles. The van der Waals surface area contributed by atoms with Gasteiger partial charge in [0.2, 0.25) is 11.8 Å². The molecular weight excluding hydrogens is 324 g/mol. The molecule has 2 amide bonds. The number of thioether (sulfide) groups is 1. The standard InChI is InChI=1S/C15H15ClN2O3S/c16-11-1-3-12(4-2-11)22-9-14(19)18-13(15(17)20)7-10-5-6-21-8-10/h1-6,8,13H,7,9H2,(H2,17,20)(H,18,19). The third-order valence-electron chi connectivity index (χ3n) is 2.88. The molecule has 0 aliphatic heterocycles. The highest BCUT2D eigenvalue weighted by Crippen LogP contribution is 2.20. The van der Waals surface area contributed by atoms with E-state index in [4.69, 9.17) is 21.8 Å². The van der Waals surface area contributed by atoms with Crippen LogP contribution in [0.4, 0.5) is 0 Å². The van der Waals surface area contributed by atoms with Gasteiger partial charge in [0.25, 0.3) is 0 Å². The largest absolute Gasteiger partial charge is 0.472 e. The van der Waals surface area contributed by atoms with E-state index in [2.05, 4.69) is 5.32 Å². The number of hydrogen-bond donors (Lipinski definition) is 2. The monoisotopic (exact) mass is 338 g/mol. The van der Waals surface area contributed by atoms with Gasteiger partial charge in [-0.15, -0.1) is 11.8 Å². The molecule has 0 aliphatic carbocycles. The van der Waals surface area contributed by atoms with Gasteiger partial charge in [-0.2, -0.15) is 0 Å². The Bertz CT molecular complexity index is 629. The summed E-state index contributed by atoms with van der Waals surface area (Å²) in [5.41, 5.74) is 6.12. The molecule has 22 heavy (non-hydrogen) atoms. The quantitative estimate of drug-likeness (QED) is 0.758. The van der Waals surface area contributed by atoms with Crippen LogP contribution in [0.25, 0.3) is 0 Å². The summed E-state index contributed by atoms with van der Waals surface area (Å²) in [6.07, 6.45) is 3.33. The topological polar surface area (TPSA) is 85.3 Å². The molecule has 7 heteroatoms. The van der Waals surface area contributed by atoms with Crippen LogP contribution in [-0.4, -0.2) is 23.6 Å². The fourth-order valence-corrected chi connectivity index (χ4v) is 2.62. The molecule has 1 atom stereocenters. The number of hydrogen-bond acceptors (Lipinski definition) is 4. The number of carbonyl (C=O) groups is 2. The molecule has 0 spiro atoms. The Morgan fingerprint density at radius 2 is 2.00 bits per heavy atom. The van der Waals surface area contributed by atoms with E-state index in [0.29, 0.717) is 11.4 Å². The first kappa shape index (κ1) is 16.5. The van der Waals surface area contributed by atoms with E-state index in [1.807, 2.05) is 12.1 Å². The van der Waals surface area contributed by atoms with Crippen LogP contribution in [0.5, 0.6) is 0 Å². The third kappa shape index (κ3) is 5.13. The van der Waals surface area contributed by atoms with Crippen LogP contribution < -0.4 is 11.1 Å². The smallest absolute Gasteiger partial charge is 0.240 e. The van der Waals surface area contributed by atoms with Crippen molar-refractivity contribution < 1.29 is 14.0 Å². The van der Waals surface area contributed by atoms with Gasteiger partial charge < -0.3 is 15.5 Å². The highest BCUT2D eigenvalue weighted by Gasteiger charge is 2.19. The lowest BCUT2D eigenvalue weighted by Gasteiger charge is -2.14. The second-order valence-electron chi connectivity index (χ2n) is 4.60. The minimum Gasteiger partial charge on any atom is -0.472 e. The van der Waals surface area contributed by atoms with E-state index in [1.165, 1.54) is 24.3 Å². The number of nitrogens with one attached hydrogen (secondary N) is 1. The Kier molecular flexibility index (Phi) is 5.91. The van der Waals surface area contributed by atoms with Gasteiger partial charge >= 0.3 is 0 Å². The average Bonchev–Trinajstić information content (AvgIpc) is 2.99. The first-order valence-electron chi connectivity index (χ1n) is 6.52. The summed E-state index contributed by atoms with van der Waals surface area (Å²) in [4.78, 5) is 24.3. The van der Waals surface area contributed by atoms with Gasteiger partial charge in [-0.1, -0.05) is 11.6 Å². The molecule has 0 fully saturated rings. The first-order chi connectivity index (χ1) is 10.5. The summed E-state index contributed by atoms with van der Waals surface area (Å²) in [6.45, 7) is 0. The fraction of sp³-hybridized carbons (Fsp3) is 0.200. The van der Waals surface area contributed by atoms with Crippen LogP contribution in [0, 0.1) is 0 Å². The van der Waals surface area contributed by atoms with Gasteiger partial charge in [-0.3, -0.25) is 9.59 Å². The van der Waals surface area contributed by atoms with Crippen molar-refractivity contribution in [2.45, 2.75) is 17.4 Å². The maximum atomic E-state index is 11.9. The first-order valence-corrected chi connectivity index (χ1v) is 7.89. The zero-order valence-corrected chi connectivity index (χ0v) is 13.2. The molecule has 1 aromatic heterocycles. The van der Waals surface area contributed by atoms with Crippen LogP contribution in [0.1, 0.15) is 5.56 Å². The predicted octanol–water partition coefficient (Wildman–Crippen LogP) is 2.24. The van der Waals surface area contributed by atoms with Gasteiger partial charge in [0.15, 0.2) is 0 Å². The molecule has 0 saturated carbocycles. The lowest BCUT2D eigenvalue weighted by molar-refractivity contribution is -0.125. The Morgan fingerprint density at radius 1 is 1.27 bits per heavy atom. The van der Waals surface area contributed by atoms with Crippen LogP contribution >= 0.6 is 23.4 Å². The Morgan fingerprint density at radius 3 is 2.59 bits per heavy atom. The molecule has 1 unspecified atom stereocenters. The van der Waals surface area contributed by atoms with E-state index in [1.54, 1.807) is 18.2 Å². The van der Waals surface area contributed by atoms with Gasteiger partial charge in [0.05, 0.1) is 18.3 Å². The van der Waals surface area contributed by atoms with Crippen molar-refractivity contribution in [3.8, 4) is 0 Å². The van der Waals surface area contributed by atoms with Crippen LogP contribution in [0.15, 0.2) is 52.2 Å². The van der Waals surface area contributed by atoms with Crippen molar-refractivity contribution in [2.24, 2.45) is 5.73 Å². The van der Waals surface area contributed by atoms with Crippen LogP contribution in [0.3, 0.4) is 0 Å². The van der Waals surface area contributed by atoms with Crippen molar-refractivity contribution in [3.05, 3.63) is 53.4 Å². The van der Waals surface area contributed by atoms with Crippen molar-refractivity contribution >= 4 is 35.2 Å². The Labute approximate surface area is 137 Å². The zero-order chi connectivity index (χ0) is 15.9. The zero-order valence-electron chi connectivity index (χ0n) is 11.6. The number of primary amides is 1. The lowest BCUT2D eigenvalue weighted by atomic mass is 10.1. The number of carbonyl (C=O) groups excluding carboxylic acids is 2. The number of amides is 2. The molecule has 2 aromatic rings. The highest BCUT2D eigenvalue weighted by atomic mass is 35.5. The van der Waals surface area contributed by atoms with Gasteiger partial charge in [-0.25, -0.2) is 0 Å². The van der Waals surface area contributed by atoms with E-state index in [0.717, 1.165) is 10.5 Å². The summed E-state index contributed by atoms with van der Waals surface area (Å²) >= 11 is 7.16. The second kappa shape index (κ2) is 7.91. The highest BCUT2D eigenvalue weighted by molar-refractivity contribution is 8.00. The van der Waals surface area contributed by atoms with Gasteiger partial charge in [0.1, 0.15) is 6.04 Å². The molecule has 2 rings (SSSR count). The maximum absolute atomic E-state index is 11.9. The summed E-state index contributed by atoms with van der Waals surface area (Å²) in [6, 6.07) is 8.15. The van der Waals surface area contributed by atoms with Gasteiger partial charge in [-0.05, 0) is 35.9 Å². The van der Waals surface area contributed by atoms with Crippen molar-refractivity contribution in [1.82, 2.24) is 5.32 Å². The minimum atomic E-state index is -0.754. The van der Waals surface area contributed by atoms with E-state index in [-0.39, 0.29) is 11.7 Å². The Balaban J connectivity index is 1.85. The summed E-state index contributed by atoms with van der Waals surface area (Å²) in [5.74, 6) is -0.644. The normalized spacial score (nSPS) is 11.9. The number of furan rings is 1. The third-order valence-corrected chi connectivity index (χ3v) is 4.15. The van der Waals surface area contributed by atoms with Crippen LogP contribution in [-0.2, 0) is 16.0 Å². The minimum absolute atomic E-state index is 0.191. The fourth-order valence-electron chi connectivity index (χ4n) is 1.78. The second-order valence-corrected chi connectivity index (χ2v) is 6.09. The SMILES string of the molecule is NC(=O)C(Cc1ccoc1)NC(=O)CSc1ccc(Cl)cc1. The summed E-state index contributed by atoms with van der Waals surface area (Å²) in [5, 5.41) is 3.28. The summed E-state index contributed by atoms with van der Waals surface area (Å²) < 4.78 is 4.94. The molecule has 1 heterocycles. The number of benzene rings is 1. The number of nitrogens with two attached hydrogens (primary N) is 1. The van der Waals surface area contributed by atoms with Crippen molar-refractivity contribution in [3.63, 3.8) is 0 Å². The summed E-state index contributed by atoms with van der Waals surface area (Å²) in [7, 11) is 0. The van der Waals surface area contributed by atoms with E-state index in [9.17, 15) is 9.59 Å². The lowest BCUT2D eigenvalue weighted by Crippen LogP contribution is -2.46. The molecule has 3 N–H and O–H groups in total. The Hall–Kier alpha value is -1.92. The van der Waals surface area contributed by atoms with Crippen LogP contribution in [0.2, 0.25) is 5.02 Å². The van der Waals surface area contributed by atoms with E-state index >= 15 is 0 Å². The predicted molar refractivity (Wildman–Crippen MR) is 85.7 cm³/mol. The number of rotatable bonds is 7. The molecule has 0 radical (unpaired) electrons. The molecule has 0 aliphatic rings. The molecule has 5 nitrogen and oxygen atoms in total. The molecular formula is C15H15ClN2O3S.